The van der Waals surface area contributed by atoms with Crippen molar-refractivity contribution in [1.29, 1.82) is 0 Å². The van der Waals surface area contributed by atoms with Crippen molar-refractivity contribution in [2.75, 3.05) is 36.4 Å². The fraction of sp³-hybridized carbons (Fsp3) is 0.619. The largest absolute Gasteiger partial charge is 0.361 e. The first-order valence-corrected chi connectivity index (χ1v) is 11.1. The summed E-state index contributed by atoms with van der Waals surface area (Å²) in [6, 6.07) is 6.78. The lowest BCUT2D eigenvalue weighted by Crippen LogP contribution is -2.60. The fourth-order valence-electron chi connectivity index (χ4n) is 4.69. The van der Waals surface area contributed by atoms with Crippen molar-refractivity contribution in [2.24, 2.45) is 0 Å². The number of nitrogens with zero attached hydrogens (tertiary/aromatic N) is 3. The van der Waals surface area contributed by atoms with E-state index in [1.54, 1.807) is 0 Å². The second-order valence-electron chi connectivity index (χ2n) is 9.28. The molecule has 0 saturated carbocycles. The van der Waals surface area contributed by atoms with Crippen LogP contribution in [0.1, 0.15) is 40.5 Å². The van der Waals surface area contributed by atoms with Crippen molar-refractivity contribution in [3.8, 4) is 10.6 Å². The molecule has 0 aliphatic carbocycles. The van der Waals surface area contributed by atoms with Gasteiger partial charge in [0.05, 0.1) is 15.6 Å². The van der Waals surface area contributed by atoms with Gasteiger partial charge in [0.2, 0.25) is 5.95 Å². The minimum absolute atomic E-state index is 0.100. The molecule has 2 fully saturated rings. The Labute approximate surface area is 172 Å². The Morgan fingerprint density at radius 3 is 2.50 bits per heavy atom. The number of anilines is 2. The molecule has 0 radical (unpaired) electrons. The Morgan fingerprint density at radius 2 is 1.79 bits per heavy atom. The van der Waals surface area contributed by atoms with Gasteiger partial charge in [-0.15, -0.1) is 11.3 Å². The van der Waals surface area contributed by atoms with Crippen molar-refractivity contribution in [1.82, 2.24) is 20.6 Å². The van der Waals surface area contributed by atoms with Crippen molar-refractivity contribution >= 4 is 22.3 Å². The number of hydrogen-bond donors (Lipinski definition) is 3. The van der Waals surface area contributed by atoms with E-state index >= 15 is 0 Å². The number of piperazine rings is 1. The average Bonchev–Trinajstić information content (AvgIpc) is 3.10. The third kappa shape index (κ3) is 4.64. The second-order valence-corrected chi connectivity index (χ2v) is 10.3. The topological polar surface area (TPSA) is 65.1 Å². The molecule has 2 aliphatic heterocycles. The molecular weight excluding hydrogens is 368 g/mol. The first-order valence-electron chi connectivity index (χ1n) is 10.2. The lowest BCUT2D eigenvalue weighted by atomic mass is 9.80. The fourth-order valence-corrected chi connectivity index (χ4v) is 5.72. The number of hydrogen-bond acceptors (Lipinski definition) is 7. The van der Waals surface area contributed by atoms with Gasteiger partial charge in [-0.1, -0.05) is 0 Å². The highest BCUT2D eigenvalue weighted by atomic mass is 32.1. The van der Waals surface area contributed by atoms with Crippen LogP contribution in [-0.2, 0) is 0 Å². The highest BCUT2D eigenvalue weighted by molar-refractivity contribution is 7.19. The van der Waals surface area contributed by atoms with Crippen LogP contribution in [0.25, 0.3) is 10.6 Å². The van der Waals surface area contributed by atoms with Crippen LogP contribution in [0.4, 0.5) is 10.9 Å². The SMILES string of the molecule is CC1(C)CC(Nc2nccc(-c3ccc(N4CCNCC4)s3)n2)CC(C)(C)N1. The molecule has 0 atom stereocenters. The summed E-state index contributed by atoms with van der Waals surface area (Å²) in [5.41, 5.74) is 1.20. The highest BCUT2D eigenvalue weighted by Crippen LogP contribution is 2.34. The van der Waals surface area contributed by atoms with E-state index in [4.69, 9.17) is 4.98 Å². The Balaban J connectivity index is 1.48. The number of thiophene rings is 1. The van der Waals surface area contributed by atoms with Crippen LogP contribution >= 0.6 is 11.3 Å². The molecule has 4 rings (SSSR count). The molecule has 6 nitrogen and oxygen atoms in total. The predicted octanol–water partition coefficient (Wildman–Crippen LogP) is 3.34. The predicted molar refractivity (Wildman–Crippen MR) is 118 cm³/mol. The maximum absolute atomic E-state index is 4.83. The first kappa shape index (κ1) is 19.6. The third-order valence-electron chi connectivity index (χ3n) is 5.45. The molecule has 3 N–H and O–H groups in total. The number of aromatic nitrogens is 2. The smallest absolute Gasteiger partial charge is 0.223 e. The van der Waals surface area contributed by atoms with Crippen molar-refractivity contribution < 1.29 is 0 Å². The van der Waals surface area contributed by atoms with Gasteiger partial charge >= 0.3 is 0 Å². The standard InChI is InChI=1S/C21H32N6S/c1-20(2)13-15(14-21(3,4)26-20)24-19-23-8-7-16(25-19)17-5-6-18(28-17)27-11-9-22-10-12-27/h5-8,15,22,26H,9-14H2,1-4H3,(H,23,24,25). The average molecular weight is 401 g/mol. The Kier molecular flexibility index (Phi) is 5.33. The summed E-state index contributed by atoms with van der Waals surface area (Å²) < 4.78 is 0. The van der Waals surface area contributed by atoms with E-state index in [1.807, 2.05) is 23.6 Å². The van der Waals surface area contributed by atoms with Crippen LogP contribution in [0.5, 0.6) is 0 Å². The molecule has 2 aromatic rings. The highest BCUT2D eigenvalue weighted by Gasteiger charge is 2.37. The summed E-state index contributed by atoms with van der Waals surface area (Å²) in [5, 5.41) is 12.1. The van der Waals surface area contributed by atoms with E-state index in [1.165, 1.54) is 9.88 Å². The van der Waals surface area contributed by atoms with Gasteiger partial charge in [-0.05, 0) is 58.7 Å². The van der Waals surface area contributed by atoms with E-state index < -0.39 is 0 Å². The van der Waals surface area contributed by atoms with E-state index in [9.17, 15) is 0 Å². The van der Waals surface area contributed by atoms with Crippen LogP contribution in [0, 0.1) is 0 Å². The number of rotatable bonds is 4. The Morgan fingerprint density at radius 1 is 1.07 bits per heavy atom. The summed E-state index contributed by atoms with van der Waals surface area (Å²) in [6.45, 7) is 13.3. The van der Waals surface area contributed by atoms with Crippen LogP contribution in [0.3, 0.4) is 0 Å². The maximum atomic E-state index is 4.83. The van der Waals surface area contributed by atoms with Gasteiger partial charge < -0.3 is 20.9 Å². The number of nitrogens with one attached hydrogen (secondary N) is 3. The maximum Gasteiger partial charge on any atom is 0.223 e. The van der Waals surface area contributed by atoms with Gasteiger partial charge in [0.25, 0.3) is 0 Å². The normalized spacial score (nSPS) is 22.2. The minimum Gasteiger partial charge on any atom is -0.361 e. The van der Waals surface area contributed by atoms with E-state index in [-0.39, 0.29) is 11.1 Å². The van der Waals surface area contributed by atoms with Crippen LogP contribution in [0.15, 0.2) is 24.4 Å². The van der Waals surface area contributed by atoms with E-state index in [2.05, 4.69) is 65.7 Å². The van der Waals surface area contributed by atoms with Crippen LogP contribution < -0.4 is 20.9 Å². The molecular formula is C21H32N6S. The zero-order valence-electron chi connectivity index (χ0n) is 17.4. The quantitative estimate of drug-likeness (QED) is 0.732. The summed E-state index contributed by atoms with van der Waals surface area (Å²) in [5.74, 6) is 0.730. The molecule has 0 amide bonds. The molecule has 152 valence electrons. The monoisotopic (exact) mass is 400 g/mol. The zero-order chi connectivity index (χ0) is 19.8. The summed E-state index contributed by atoms with van der Waals surface area (Å²) >= 11 is 1.82. The molecule has 28 heavy (non-hydrogen) atoms. The molecule has 2 aliphatic rings. The van der Waals surface area contributed by atoms with Crippen molar-refractivity contribution in [2.45, 2.75) is 57.7 Å². The molecule has 4 heterocycles. The van der Waals surface area contributed by atoms with Gasteiger partial charge in [-0.2, -0.15) is 0 Å². The van der Waals surface area contributed by atoms with Gasteiger partial charge in [0.1, 0.15) is 0 Å². The van der Waals surface area contributed by atoms with Gasteiger partial charge in [0.15, 0.2) is 0 Å². The Bertz CT molecular complexity index is 793. The van der Waals surface area contributed by atoms with Crippen LogP contribution in [0.2, 0.25) is 0 Å². The summed E-state index contributed by atoms with van der Waals surface area (Å²) in [4.78, 5) is 13.0. The number of piperidine rings is 1. The second kappa shape index (κ2) is 7.61. The molecule has 0 unspecified atom stereocenters. The zero-order valence-corrected chi connectivity index (χ0v) is 18.2. The van der Waals surface area contributed by atoms with E-state index in [0.29, 0.717) is 6.04 Å². The molecule has 7 heteroatoms. The minimum atomic E-state index is 0.100. The van der Waals surface area contributed by atoms with Crippen molar-refractivity contribution in [3.05, 3.63) is 24.4 Å². The molecule has 0 bridgehead atoms. The van der Waals surface area contributed by atoms with Gasteiger partial charge in [0, 0.05) is 49.5 Å². The molecule has 0 aromatic carbocycles. The lowest BCUT2D eigenvalue weighted by molar-refractivity contribution is 0.170. The van der Waals surface area contributed by atoms with E-state index in [0.717, 1.165) is 50.7 Å². The van der Waals surface area contributed by atoms with Crippen LogP contribution in [-0.4, -0.2) is 53.3 Å². The van der Waals surface area contributed by atoms with Gasteiger partial charge in [-0.25, -0.2) is 9.97 Å². The third-order valence-corrected chi connectivity index (χ3v) is 6.62. The molecule has 2 saturated heterocycles. The van der Waals surface area contributed by atoms with Gasteiger partial charge in [-0.3, -0.25) is 0 Å². The lowest BCUT2D eigenvalue weighted by Gasteiger charge is -2.46. The summed E-state index contributed by atoms with van der Waals surface area (Å²) in [6.07, 6.45) is 3.97. The van der Waals surface area contributed by atoms with Crippen molar-refractivity contribution in [3.63, 3.8) is 0 Å². The molecule has 0 spiro atoms. The summed E-state index contributed by atoms with van der Waals surface area (Å²) in [7, 11) is 0. The molecule has 2 aromatic heterocycles. The first-order chi connectivity index (χ1) is 13.3. The Hall–Kier alpha value is -1.70.